The van der Waals surface area contributed by atoms with Gasteiger partial charge in [0.2, 0.25) is 5.91 Å². The van der Waals surface area contributed by atoms with Gasteiger partial charge in [-0.2, -0.15) is 0 Å². The number of nitrogens with two attached hydrogens (primary N) is 1. The van der Waals surface area contributed by atoms with Gasteiger partial charge in [0.15, 0.2) is 5.96 Å². The fourth-order valence-electron chi connectivity index (χ4n) is 4.38. The fourth-order valence-corrected chi connectivity index (χ4v) is 4.95. The van der Waals surface area contributed by atoms with Crippen LogP contribution in [0.15, 0.2) is 18.2 Å². The zero-order chi connectivity index (χ0) is 23.2. The number of amides is 1. The molecule has 172 valence electrons. The van der Waals surface area contributed by atoms with Crippen LogP contribution in [0, 0.1) is 5.41 Å². The number of hydrogen-bond acceptors (Lipinski definition) is 4. The summed E-state index contributed by atoms with van der Waals surface area (Å²) in [6.07, 6.45) is 3.22. The van der Waals surface area contributed by atoms with Gasteiger partial charge in [-0.15, -0.1) is 0 Å². The lowest BCUT2D eigenvalue weighted by molar-refractivity contribution is -0.169. The first kappa shape index (κ1) is 25.2. The number of rotatable bonds is 9. The first-order valence-electron chi connectivity index (χ1n) is 10.3. The Bertz CT molecular complexity index is 802. The number of hydrogen-bond donors (Lipinski definition) is 4. The monoisotopic (exact) mass is 471 g/mol. The van der Waals surface area contributed by atoms with E-state index in [1.807, 2.05) is 19.1 Å². The molecule has 1 fully saturated rings. The van der Waals surface area contributed by atoms with E-state index >= 15 is 0 Å². The highest BCUT2D eigenvalue weighted by Gasteiger charge is 2.46. The number of carboxylic acids is 1. The Balaban J connectivity index is 2.31. The zero-order valence-corrected chi connectivity index (χ0v) is 19.5. The van der Waals surface area contributed by atoms with Gasteiger partial charge in [0, 0.05) is 36.6 Å². The molecule has 0 spiro atoms. The van der Waals surface area contributed by atoms with Gasteiger partial charge in [-0.3, -0.25) is 15.1 Å². The van der Waals surface area contributed by atoms with Crippen molar-refractivity contribution in [2.75, 3.05) is 13.1 Å². The van der Waals surface area contributed by atoms with E-state index in [-0.39, 0.29) is 18.3 Å². The quantitative estimate of drug-likeness (QED) is 0.249. The maximum Gasteiger partial charge on any atom is 0.326 e. The molecule has 1 heterocycles. The number of guanidine groups is 1. The molecule has 1 aromatic carbocycles. The van der Waals surface area contributed by atoms with E-state index < -0.39 is 17.7 Å². The van der Waals surface area contributed by atoms with Crippen LogP contribution in [0.25, 0.3) is 0 Å². The first-order valence-corrected chi connectivity index (χ1v) is 11.1. The van der Waals surface area contributed by atoms with E-state index in [0.29, 0.717) is 36.0 Å². The highest BCUT2D eigenvalue weighted by molar-refractivity contribution is 6.34. The number of carboxylic acid groups (broad SMARTS) is 1. The molecule has 31 heavy (non-hydrogen) atoms. The summed E-state index contributed by atoms with van der Waals surface area (Å²) in [6, 6.07) is 4.35. The van der Waals surface area contributed by atoms with Crippen LogP contribution in [0.3, 0.4) is 0 Å². The van der Waals surface area contributed by atoms with E-state index in [9.17, 15) is 14.7 Å². The number of benzene rings is 1. The molecule has 10 heteroatoms. The lowest BCUT2D eigenvalue weighted by Gasteiger charge is -2.53. The highest BCUT2D eigenvalue weighted by atomic mass is 35.5. The van der Waals surface area contributed by atoms with Gasteiger partial charge in [0.1, 0.15) is 6.04 Å². The van der Waals surface area contributed by atoms with E-state index in [2.05, 4.69) is 10.2 Å². The molecule has 8 nitrogen and oxygen atoms in total. The van der Waals surface area contributed by atoms with Gasteiger partial charge in [-0.05, 0) is 62.8 Å². The Morgan fingerprint density at radius 2 is 1.97 bits per heavy atom. The van der Waals surface area contributed by atoms with E-state index in [1.165, 1.54) is 11.8 Å². The highest BCUT2D eigenvalue weighted by Crippen LogP contribution is 2.36. The third-order valence-corrected chi connectivity index (χ3v) is 6.17. The molecular formula is C21H31Cl2N5O3. The summed E-state index contributed by atoms with van der Waals surface area (Å²) in [4.78, 5) is 28.6. The number of nitrogens with zero attached hydrogens (tertiary/aromatic N) is 2. The second-order valence-electron chi connectivity index (χ2n) is 8.10. The SMILES string of the molecule is CC(=O)N([C@@H](CCCNC(=N)N)C(=O)O)C1(C)CCCCN1Cc1cc(Cl)cc(Cl)c1. The molecule has 0 aromatic heterocycles. The van der Waals surface area contributed by atoms with Crippen LogP contribution in [0.4, 0.5) is 0 Å². The Morgan fingerprint density at radius 3 is 2.52 bits per heavy atom. The summed E-state index contributed by atoms with van der Waals surface area (Å²) in [5.74, 6) is -1.50. The molecular weight excluding hydrogens is 441 g/mol. The fraction of sp³-hybridized carbons (Fsp3) is 0.571. The molecule has 0 saturated carbocycles. The predicted octanol–water partition coefficient (Wildman–Crippen LogP) is 3.26. The van der Waals surface area contributed by atoms with Crippen molar-refractivity contribution in [1.29, 1.82) is 5.41 Å². The van der Waals surface area contributed by atoms with Gasteiger partial charge in [-0.1, -0.05) is 23.2 Å². The normalized spacial score (nSPS) is 20.1. The summed E-state index contributed by atoms with van der Waals surface area (Å²) in [6.45, 7) is 4.94. The lowest BCUT2D eigenvalue weighted by Crippen LogP contribution is -2.65. The van der Waals surface area contributed by atoms with Gasteiger partial charge < -0.3 is 21.1 Å². The minimum absolute atomic E-state index is 0.166. The molecule has 0 aliphatic carbocycles. The third kappa shape index (κ3) is 6.72. The summed E-state index contributed by atoms with van der Waals surface area (Å²) >= 11 is 12.3. The van der Waals surface area contributed by atoms with Crippen molar-refractivity contribution < 1.29 is 14.7 Å². The molecule has 2 rings (SSSR count). The molecule has 0 bridgehead atoms. The molecule has 0 radical (unpaired) electrons. The number of carbonyl (C=O) groups excluding carboxylic acids is 1. The average molecular weight is 472 g/mol. The minimum atomic E-state index is -1.05. The van der Waals surface area contributed by atoms with Crippen molar-refractivity contribution in [2.24, 2.45) is 5.73 Å². The number of halogens is 2. The number of nitrogens with one attached hydrogen (secondary N) is 2. The smallest absolute Gasteiger partial charge is 0.326 e. The Labute approximate surface area is 193 Å². The van der Waals surface area contributed by atoms with Crippen LogP contribution in [-0.4, -0.2) is 57.5 Å². The van der Waals surface area contributed by atoms with Crippen LogP contribution in [0.1, 0.15) is 51.5 Å². The lowest BCUT2D eigenvalue weighted by atomic mass is 9.91. The molecule has 1 aromatic rings. The molecule has 1 amide bonds. The van der Waals surface area contributed by atoms with Crippen LogP contribution in [0.5, 0.6) is 0 Å². The Kier molecular flexibility index (Phi) is 8.97. The number of piperidine rings is 1. The van der Waals surface area contributed by atoms with E-state index in [0.717, 1.165) is 24.9 Å². The number of likely N-dealkylation sites (tertiary alicyclic amines) is 1. The Morgan fingerprint density at radius 1 is 1.32 bits per heavy atom. The average Bonchev–Trinajstić information content (AvgIpc) is 2.64. The summed E-state index contributed by atoms with van der Waals surface area (Å²) < 4.78 is 0. The molecule has 1 unspecified atom stereocenters. The van der Waals surface area contributed by atoms with Crippen LogP contribution in [0.2, 0.25) is 10.0 Å². The second kappa shape index (κ2) is 11.0. The van der Waals surface area contributed by atoms with Crippen molar-refractivity contribution in [2.45, 2.75) is 64.2 Å². The molecule has 5 N–H and O–H groups in total. The number of aliphatic carboxylic acids is 1. The Hall–Kier alpha value is -2.03. The van der Waals surface area contributed by atoms with Crippen molar-refractivity contribution >= 4 is 41.0 Å². The van der Waals surface area contributed by atoms with Gasteiger partial charge in [0.25, 0.3) is 0 Å². The van der Waals surface area contributed by atoms with Gasteiger partial charge >= 0.3 is 5.97 Å². The summed E-state index contributed by atoms with van der Waals surface area (Å²) in [5, 5.41) is 20.9. The van der Waals surface area contributed by atoms with E-state index in [4.69, 9.17) is 34.3 Å². The van der Waals surface area contributed by atoms with Gasteiger partial charge in [-0.25, -0.2) is 4.79 Å². The van der Waals surface area contributed by atoms with E-state index in [1.54, 1.807) is 6.07 Å². The van der Waals surface area contributed by atoms with Crippen LogP contribution < -0.4 is 11.1 Å². The minimum Gasteiger partial charge on any atom is -0.480 e. The molecule has 1 saturated heterocycles. The second-order valence-corrected chi connectivity index (χ2v) is 8.97. The first-order chi connectivity index (χ1) is 14.5. The molecule has 1 aliphatic rings. The predicted molar refractivity (Wildman–Crippen MR) is 122 cm³/mol. The molecule has 2 atom stereocenters. The van der Waals surface area contributed by atoms with Crippen molar-refractivity contribution in [1.82, 2.24) is 15.1 Å². The van der Waals surface area contributed by atoms with Crippen molar-refractivity contribution in [3.8, 4) is 0 Å². The largest absolute Gasteiger partial charge is 0.480 e. The topological polar surface area (TPSA) is 123 Å². The standard InChI is InChI=1S/C21H31Cl2N5O3/c1-14(29)28(18(19(30)31)6-5-8-26-20(24)25)21(2)7-3-4-9-27(21)13-15-10-16(22)12-17(23)11-15/h10-12,18H,3-9,13H2,1-2H3,(H,30,31)(H4,24,25,26)/t18-,21?/m0/s1. The maximum atomic E-state index is 12.8. The summed E-state index contributed by atoms with van der Waals surface area (Å²) in [5.41, 5.74) is 5.43. The van der Waals surface area contributed by atoms with Crippen molar-refractivity contribution in [3.05, 3.63) is 33.8 Å². The van der Waals surface area contributed by atoms with Crippen molar-refractivity contribution in [3.63, 3.8) is 0 Å². The zero-order valence-electron chi connectivity index (χ0n) is 18.0. The van der Waals surface area contributed by atoms with Crippen LogP contribution in [-0.2, 0) is 16.1 Å². The third-order valence-electron chi connectivity index (χ3n) is 5.73. The number of carbonyl (C=O) groups is 2. The van der Waals surface area contributed by atoms with Gasteiger partial charge in [0.05, 0.1) is 5.66 Å². The molecule has 1 aliphatic heterocycles. The van der Waals surface area contributed by atoms with Crippen LogP contribution >= 0.6 is 23.2 Å². The maximum absolute atomic E-state index is 12.8. The summed E-state index contributed by atoms with van der Waals surface area (Å²) in [7, 11) is 0.